The Kier molecular flexibility index (Phi) is 11.6. The highest BCUT2D eigenvalue weighted by atomic mass is 28.4. The molecule has 0 fully saturated rings. The molecule has 0 rings (SSSR count). The molecule has 0 aromatic carbocycles. The van der Waals surface area contributed by atoms with Crippen LogP contribution in [0, 0.1) is 23.3 Å². The Balaban J connectivity index is 5.92. The Morgan fingerprint density at radius 2 is 1.58 bits per heavy atom. The minimum atomic E-state index is -1.97. The van der Waals surface area contributed by atoms with Gasteiger partial charge in [-0.15, -0.1) is 11.5 Å². The summed E-state index contributed by atoms with van der Waals surface area (Å²) < 4.78 is 16.9. The Hall–Kier alpha value is -1.30. The number of carbonyl (C=O) groups is 1. The third-order valence-electron chi connectivity index (χ3n) is 5.69. The van der Waals surface area contributed by atoms with E-state index in [2.05, 4.69) is 84.9 Å². The van der Waals surface area contributed by atoms with Crippen LogP contribution in [0.2, 0.25) is 37.8 Å². The second-order valence-corrected chi connectivity index (χ2v) is 20.6. The van der Waals surface area contributed by atoms with Crippen LogP contribution >= 0.6 is 0 Å². The average molecular weight is 467 g/mol. The number of allylic oxidation sites excluding steroid dienone is 2. The lowest BCUT2D eigenvalue weighted by Crippen LogP contribution is -2.47. The highest BCUT2D eigenvalue weighted by Crippen LogP contribution is 2.39. The maximum absolute atomic E-state index is 11.8. The van der Waals surface area contributed by atoms with Crippen LogP contribution in [-0.2, 0) is 18.7 Å². The van der Waals surface area contributed by atoms with Crippen molar-refractivity contribution >= 4 is 22.4 Å². The first kappa shape index (κ1) is 29.7. The van der Waals surface area contributed by atoms with Gasteiger partial charge in [0.2, 0.25) is 5.76 Å². The molecule has 0 unspecified atom stereocenters. The molecule has 3 atom stereocenters. The summed E-state index contributed by atoms with van der Waals surface area (Å²) in [5.41, 5.74) is 4.43. The second kappa shape index (κ2) is 12.1. The van der Waals surface area contributed by atoms with Gasteiger partial charge in [0, 0.05) is 6.42 Å². The van der Waals surface area contributed by atoms with Crippen LogP contribution < -0.4 is 0 Å². The summed E-state index contributed by atoms with van der Waals surface area (Å²) in [5, 5.41) is 0.126. The van der Waals surface area contributed by atoms with Gasteiger partial charge in [0.15, 0.2) is 8.32 Å². The predicted octanol–water partition coefficient (Wildman–Crippen LogP) is 6.57. The van der Waals surface area contributed by atoms with E-state index in [1.807, 2.05) is 6.92 Å². The zero-order valence-electron chi connectivity index (χ0n) is 22.2. The van der Waals surface area contributed by atoms with E-state index in [-0.39, 0.29) is 22.8 Å². The lowest BCUT2D eigenvalue weighted by molar-refractivity contribution is -0.139. The Morgan fingerprint density at radius 1 is 1.03 bits per heavy atom. The third kappa shape index (κ3) is 10.7. The van der Waals surface area contributed by atoms with Crippen LogP contribution in [0.4, 0.5) is 0 Å². The standard InChI is InChI=1S/C25H46O4Si2/c1-19(18-22(27-7)24(26)28-8)17-21(3)23(29-31(12,13)25(4,5)6)20(2)15-14-16-30(9,10)11/h17-18,20-21,23H,15H2,1-13H3/b19-17+,22-18-/t20-,21+,23-/m0/s1. The second-order valence-electron chi connectivity index (χ2n) is 11.1. The molecule has 0 aliphatic rings. The normalized spacial score (nSPS) is 16.7. The Labute approximate surface area is 194 Å². The fraction of sp³-hybridized carbons (Fsp3) is 0.720. The molecule has 0 aliphatic carbocycles. The van der Waals surface area contributed by atoms with E-state index in [0.717, 1.165) is 12.0 Å². The highest BCUT2D eigenvalue weighted by molar-refractivity contribution is 6.83. The predicted molar refractivity (Wildman–Crippen MR) is 137 cm³/mol. The molecule has 0 amide bonds. The largest absolute Gasteiger partial charge is 0.490 e. The van der Waals surface area contributed by atoms with Gasteiger partial charge in [-0.25, -0.2) is 4.79 Å². The smallest absolute Gasteiger partial charge is 0.373 e. The topological polar surface area (TPSA) is 44.8 Å². The first-order chi connectivity index (χ1) is 13.9. The number of carbonyl (C=O) groups excluding carboxylic acids is 1. The lowest BCUT2D eigenvalue weighted by atomic mass is 9.90. The molecule has 6 heteroatoms. The Morgan fingerprint density at radius 3 is 2.00 bits per heavy atom. The van der Waals surface area contributed by atoms with Crippen molar-refractivity contribution in [3.8, 4) is 11.5 Å². The molecule has 0 bridgehead atoms. The molecule has 0 aromatic rings. The van der Waals surface area contributed by atoms with Gasteiger partial charge < -0.3 is 13.9 Å². The van der Waals surface area contributed by atoms with Crippen LogP contribution in [0.3, 0.4) is 0 Å². The van der Waals surface area contributed by atoms with Crippen molar-refractivity contribution < 1.29 is 18.7 Å². The van der Waals surface area contributed by atoms with Gasteiger partial charge in [-0.05, 0) is 43.0 Å². The Bertz CT molecular complexity index is 713. The van der Waals surface area contributed by atoms with Crippen LogP contribution in [0.1, 0.15) is 48.0 Å². The van der Waals surface area contributed by atoms with Crippen molar-refractivity contribution in [3.63, 3.8) is 0 Å². The minimum absolute atomic E-state index is 0.0456. The molecule has 0 saturated heterocycles. The maximum Gasteiger partial charge on any atom is 0.373 e. The number of ether oxygens (including phenoxy) is 2. The van der Waals surface area contributed by atoms with Crippen LogP contribution in [0.15, 0.2) is 23.5 Å². The zero-order valence-corrected chi connectivity index (χ0v) is 24.2. The van der Waals surface area contributed by atoms with Crippen molar-refractivity contribution in [1.29, 1.82) is 0 Å². The minimum Gasteiger partial charge on any atom is -0.490 e. The first-order valence-corrected chi connectivity index (χ1v) is 17.6. The van der Waals surface area contributed by atoms with E-state index >= 15 is 0 Å². The molecule has 4 nitrogen and oxygen atoms in total. The van der Waals surface area contributed by atoms with Gasteiger partial charge in [-0.2, -0.15) is 0 Å². The van der Waals surface area contributed by atoms with Crippen molar-refractivity contribution in [1.82, 2.24) is 0 Å². The molecular weight excluding hydrogens is 420 g/mol. The van der Waals surface area contributed by atoms with Gasteiger partial charge in [-0.3, -0.25) is 0 Å². The fourth-order valence-electron chi connectivity index (χ4n) is 2.92. The summed E-state index contributed by atoms with van der Waals surface area (Å²) >= 11 is 0. The highest BCUT2D eigenvalue weighted by Gasteiger charge is 2.41. The summed E-state index contributed by atoms with van der Waals surface area (Å²) in [6.45, 7) is 24.6. The summed E-state index contributed by atoms with van der Waals surface area (Å²) in [5.74, 6) is 3.60. The summed E-state index contributed by atoms with van der Waals surface area (Å²) in [6.07, 6.45) is 4.75. The quantitative estimate of drug-likeness (QED) is 0.0962. The zero-order chi connectivity index (χ0) is 24.6. The van der Waals surface area contributed by atoms with Crippen LogP contribution in [0.5, 0.6) is 0 Å². The van der Waals surface area contributed by atoms with Crippen LogP contribution in [0.25, 0.3) is 0 Å². The number of rotatable bonds is 9. The molecule has 0 saturated carbocycles. The molecule has 31 heavy (non-hydrogen) atoms. The molecule has 0 N–H and O–H groups in total. The van der Waals surface area contributed by atoms with E-state index in [9.17, 15) is 4.79 Å². The SMILES string of the molecule is COC(=O)/C(=C/C(C)=C/[C@@H](C)[C@@H](O[Si](C)(C)C(C)(C)C)[C@@H](C)CC#C[Si](C)(C)C)OC. The van der Waals surface area contributed by atoms with Gasteiger partial charge in [-0.1, -0.05) is 65.9 Å². The van der Waals surface area contributed by atoms with Crippen molar-refractivity contribution in [2.24, 2.45) is 11.8 Å². The molecule has 0 aliphatic heterocycles. The number of methoxy groups -OCH3 is 2. The number of hydrogen-bond donors (Lipinski definition) is 0. The molecule has 178 valence electrons. The monoisotopic (exact) mass is 466 g/mol. The van der Waals surface area contributed by atoms with Crippen molar-refractivity contribution in [2.75, 3.05) is 14.2 Å². The van der Waals surface area contributed by atoms with E-state index in [4.69, 9.17) is 13.9 Å². The molecular formula is C25H46O4Si2. The van der Waals surface area contributed by atoms with Crippen molar-refractivity contribution in [3.05, 3.63) is 23.5 Å². The summed E-state index contributed by atoms with van der Waals surface area (Å²) in [4.78, 5) is 11.8. The molecule has 0 spiro atoms. The molecule has 0 heterocycles. The lowest BCUT2D eigenvalue weighted by Gasteiger charge is -2.42. The van der Waals surface area contributed by atoms with Crippen molar-refractivity contribution in [2.45, 2.75) is 91.8 Å². The van der Waals surface area contributed by atoms with Gasteiger partial charge in [0.1, 0.15) is 8.07 Å². The summed E-state index contributed by atoms with van der Waals surface area (Å²) in [7, 11) is -0.538. The number of hydrogen-bond acceptors (Lipinski definition) is 4. The van der Waals surface area contributed by atoms with E-state index in [1.54, 1.807) is 6.08 Å². The maximum atomic E-state index is 11.8. The van der Waals surface area contributed by atoms with E-state index in [1.165, 1.54) is 14.2 Å². The van der Waals surface area contributed by atoms with Crippen LogP contribution in [-0.4, -0.2) is 42.7 Å². The third-order valence-corrected chi connectivity index (χ3v) is 11.1. The van der Waals surface area contributed by atoms with Gasteiger partial charge in [0.25, 0.3) is 0 Å². The van der Waals surface area contributed by atoms with Gasteiger partial charge in [0.05, 0.1) is 20.3 Å². The van der Waals surface area contributed by atoms with Gasteiger partial charge >= 0.3 is 5.97 Å². The van der Waals surface area contributed by atoms with E-state index < -0.39 is 22.4 Å². The molecule has 0 radical (unpaired) electrons. The average Bonchev–Trinajstić information content (AvgIpc) is 2.61. The van der Waals surface area contributed by atoms with E-state index in [0.29, 0.717) is 5.92 Å². The fourth-order valence-corrected chi connectivity index (χ4v) is 5.03. The number of esters is 1. The first-order valence-electron chi connectivity index (χ1n) is 11.2. The molecule has 0 aromatic heterocycles. The summed E-state index contributed by atoms with van der Waals surface area (Å²) in [6, 6.07) is 0.